The van der Waals surface area contributed by atoms with Gasteiger partial charge in [0, 0.05) is 26.9 Å². The first-order chi connectivity index (χ1) is 14.0. The van der Waals surface area contributed by atoms with Crippen molar-refractivity contribution < 1.29 is 28.2 Å². The molecule has 3 rings (SSSR count). The van der Waals surface area contributed by atoms with Crippen LogP contribution < -0.4 is 4.74 Å². The van der Waals surface area contributed by atoms with Crippen LogP contribution in [0.3, 0.4) is 0 Å². The number of halogens is 3. The van der Waals surface area contributed by atoms with E-state index in [2.05, 4.69) is 24.6 Å². The second-order valence-corrected chi connectivity index (χ2v) is 14.0. The molecule has 0 amide bonds. The van der Waals surface area contributed by atoms with Gasteiger partial charge in [0.2, 0.25) is 0 Å². The Morgan fingerprint density at radius 1 is 1.23 bits per heavy atom. The van der Waals surface area contributed by atoms with Crippen LogP contribution in [-0.4, -0.2) is 35.3 Å². The Morgan fingerprint density at radius 2 is 1.97 bits per heavy atom. The highest BCUT2D eigenvalue weighted by Gasteiger charge is 2.19. The van der Waals surface area contributed by atoms with E-state index in [1.165, 1.54) is 16.8 Å². The van der Waals surface area contributed by atoms with Gasteiger partial charge in [0.05, 0.1) is 5.39 Å². The molecule has 0 unspecified atom stereocenters. The highest BCUT2D eigenvalue weighted by molar-refractivity contribution is 6.76. The zero-order chi connectivity index (χ0) is 22.1. The van der Waals surface area contributed by atoms with Gasteiger partial charge >= 0.3 is 5.97 Å². The van der Waals surface area contributed by atoms with Crippen LogP contribution in [0.15, 0.2) is 30.5 Å². The summed E-state index contributed by atoms with van der Waals surface area (Å²) in [4.78, 5) is 15.5. The third kappa shape index (κ3) is 5.16. The number of fused-ring (bicyclic) bond motifs is 1. The lowest BCUT2D eigenvalue weighted by atomic mass is 10.2. The van der Waals surface area contributed by atoms with E-state index in [1.54, 1.807) is 0 Å². The van der Waals surface area contributed by atoms with Crippen molar-refractivity contribution in [1.29, 1.82) is 0 Å². The van der Waals surface area contributed by atoms with Gasteiger partial charge in [0.1, 0.15) is 29.5 Å². The van der Waals surface area contributed by atoms with Gasteiger partial charge in [-0.3, -0.25) is 0 Å². The molecule has 30 heavy (non-hydrogen) atoms. The van der Waals surface area contributed by atoms with Crippen LogP contribution in [0.4, 0.5) is 8.78 Å². The predicted octanol–water partition coefficient (Wildman–Crippen LogP) is 5.77. The molecule has 0 aliphatic heterocycles. The van der Waals surface area contributed by atoms with Crippen LogP contribution in [-0.2, 0) is 11.5 Å². The van der Waals surface area contributed by atoms with Crippen molar-refractivity contribution in [3.8, 4) is 11.5 Å². The largest absolute Gasteiger partial charge is 0.478 e. The molecule has 0 spiro atoms. The monoisotopic (exact) mass is 454 g/mol. The Bertz CT molecular complexity index is 1100. The number of hydrogen-bond donors (Lipinski definition) is 1. The maximum absolute atomic E-state index is 14.5. The minimum absolute atomic E-state index is 0.0893. The SMILES string of the molecule is C[Si](C)(C)CCOCn1cc(F)c2cc(Oc3cc(F)ccc3C(=O)O)c(Cl)nc21. The first-order valence-electron chi connectivity index (χ1n) is 9.18. The van der Waals surface area contributed by atoms with Crippen LogP contribution >= 0.6 is 11.6 Å². The fraction of sp³-hybridized carbons (Fsp3) is 0.300. The topological polar surface area (TPSA) is 73.6 Å². The van der Waals surface area contributed by atoms with Crippen molar-refractivity contribution in [1.82, 2.24) is 9.55 Å². The summed E-state index contributed by atoms with van der Waals surface area (Å²) in [5.74, 6) is -2.91. The number of rotatable bonds is 8. The molecule has 2 heterocycles. The van der Waals surface area contributed by atoms with E-state index in [4.69, 9.17) is 21.1 Å². The van der Waals surface area contributed by atoms with Crippen LogP contribution in [0.5, 0.6) is 11.5 Å². The molecule has 1 aromatic carbocycles. The van der Waals surface area contributed by atoms with Gasteiger partial charge in [0.15, 0.2) is 16.7 Å². The third-order valence-electron chi connectivity index (χ3n) is 4.34. The van der Waals surface area contributed by atoms with Crippen LogP contribution in [0.1, 0.15) is 10.4 Å². The zero-order valence-corrected chi connectivity index (χ0v) is 18.5. The molecule has 160 valence electrons. The average Bonchev–Trinajstić information content (AvgIpc) is 2.93. The highest BCUT2D eigenvalue weighted by atomic mass is 35.5. The van der Waals surface area contributed by atoms with E-state index in [-0.39, 0.29) is 40.0 Å². The summed E-state index contributed by atoms with van der Waals surface area (Å²) in [6.07, 6.45) is 1.25. The standard InChI is InChI=1S/C20H21ClF2N2O4Si/c1-30(2,3)7-6-28-11-25-10-15(23)14-9-17(18(21)24-19(14)25)29-16-8-12(22)4-5-13(16)20(26)27/h4-5,8-10H,6-7,11H2,1-3H3,(H,26,27). The minimum atomic E-state index is -1.30. The molecule has 0 aliphatic rings. The van der Waals surface area contributed by atoms with E-state index in [9.17, 15) is 18.7 Å². The van der Waals surface area contributed by atoms with Gasteiger partial charge < -0.3 is 19.1 Å². The summed E-state index contributed by atoms with van der Waals surface area (Å²) in [6.45, 7) is 7.37. The van der Waals surface area contributed by atoms with Gasteiger partial charge in [-0.1, -0.05) is 31.2 Å². The predicted molar refractivity (Wildman–Crippen MR) is 112 cm³/mol. The maximum atomic E-state index is 14.5. The number of aromatic carboxylic acids is 1. The zero-order valence-electron chi connectivity index (χ0n) is 16.7. The van der Waals surface area contributed by atoms with Gasteiger partial charge in [-0.2, -0.15) is 0 Å². The molecule has 0 bridgehead atoms. The third-order valence-corrected chi connectivity index (χ3v) is 6.32. The van der Waals surface area contributed by atoms with E-state index < -0.39 is 25.7 Å². The fourth-order valence-electron chi connectivity index (χ4n) is 2.71. The molecule has 1 N–H and O–H groups in total. The first-order valence-corrected chi connectivity index (χ1v) is 13.3. The lowest BCUT2D eigenvalue weighted by Gasteiger charge is -2.15. The molecule has 0 atom stereocenters. The van der Waals surface area contributed by atoms with Crippen molar-refractivity contribution in [3.05, 3.63) is 52.8 Å². The summed E-state index contributed by atoms with van der Waals surface area (Å²) in [6, 6.07) is 5.26. The number of carboxylic acid groups (broad SMARTS) is 1. The van der Waals surface area contributed by atoms with Crippen LogP contribution in [0.25, 0.3) is 11.0 Å². The lowest BCUT2D eigenvalue weighted by Crippen LogP contribution is -2.22. The van der Waals surface area contributed by atoms with E-state index in [1.807, 2.05) is 0 Å². The molecule has 0 aliphatic carbocycles. The molecule has 0 fully saturated rings. The molecule has 10 heteroatoms. The number of benzene rings is 1. The van der Waals surface area contributed by atoms with Crippen LogP contribution in [0.2, 0.25) is 30.8 Å². The number of ether oxygens (including phenoxy) is 2. The summed E-state index contributed by atoms with van der Waals surface area (Å²) in [7, 11) is -1.24. The molecule has 3 aromatic rings. The Labute approximate surface area is 178 Å². The average molecular weight is 455 g/mol. The normalized spacial score (nSPS) is 11.8. The van der Waals surface area contributed by atoms with Crippen molar-refractivity contribution in [2.75, 3.05) is 6.61 Å². The van der Waals surface area contributed by atoms with Crippen molar-refractivity contribution >= 4 is 36.7 Å². The first kappa shape index (κ1) is 22.2. The Balaban J connectivity index is 1.87. The maximum Gasteiger partial charge on any atom is 0.339 e. The summed E-state index contributed by atoms with van der Waals surface area (Å²) in [5, 5.41) is 9.25. The van der Waals surface area contributed by atoms with Gasteiger partial charge in [-0.25, -0.2) is 18.6 Å². The van der Waals surface area contributed by atoms with Gasteiger partial charge in [0.25, 0.3) is 0 Å². The highest BCUT2D eigenvalue weighted by Crippen LogP contribution is 2.34. The summed E-state index contributed by atoms with van der Waals surface area (Å²) in [5.41, 5.74) is -0.00282. The van der Waals surface area contributed by atoms with Gasteiger partial charge in [-0.15, -0.1) is 0 Å². The molecule has 0 saturated carbocycles. The second kappa shape index (κ2) is 8.71. The summed E-state index contributed by atoms with van der Waals surface area (Å²) >= 11 is 6.18. The van der Waals surface area contributed by atoms with E-state index in [0.29, 0.717) is 6.61 Å². The molecule has 2 aromatic heterocycles. The number of carboxylic acids is 1. The molecular weight excluding hydrogens is 434 g/mol. The van der Waals surface area contributed by atoms with Crippen molar-refractivity contribution in [2.45, 2.75) is 32.4 Å². The molecule has 6 nitrogen and oxygen atoms in total. The number of hydrogen-bond acceptors (Lipinski definition) is 4. The fourth-order valence-corrected chi connectivity index (χ4v) is 3.64. The molecular formula is C20H21ClF2N2O4Si. The number of nitrogens with zero attached hydrogens (tertiary/aromatic N) is 2. The smallest absolute Gasteiger partial charge is 0.339 e. The molecule has 0 radical (unpaired) electrons. The van der Waals surface area contributed by atoms with Crippen molar-refractivity contribution in [3.63, 3.8) is 0 Å². The minimum Gasteiger partial charge on any atom is -0.478 e. The second-order valence-electron chi connectivity index (χ2n) is 7.99. The summed E-state index contributed by atoms with van der Waals surface area (Å²) < 4.78 is 40.6. The Kier molecular flexibility index (Phi) is 6.44. The Morgan fingerprint density at radius 3 is 2.63 bits per heavy atom. The number of carbonyl (C=O) groups is 1. The van der Waals surface area contributed by atoms with Crippen LogP contribution in [0, 0.1) is 11.6 Å². The lowest BCUT2D eigenvalue weighted by molar-refractivity contribution is 0.0694. The van der Waals surface area contributed by atoms with Crippen molar-refractivity contribution in [2.24, 2.45) is 0 Å². The number of aromatic nitrogens is 2. The van der Waals surface area contributed by atoms with Gasteiger partial charge in [-0.05, 0) is 24.2 Å². The quantitative estimate of drug-likeness (QED) is 0.265. The van der Waals surface area contributed by atoms with E-state index >= 15 is 0 Å². The number of pyridine rings is 1. The molecule has 0 saturated heterocycles. The Hall–Kier alpha value is -2.49. The van der Waals surface area contributed by atoms with E-state index in [0.717, 1.165) is 24.2 Å².